The van der Waals surface area contributed by atoms with Crippen LogP contribution in [0.2, 0.25) is 5.02 Å². The highest BCUT2D eigenvalue weighted by molar-refractivity contribution is 6.32. The zero-order chi connectivity index (χ0) is 25.5. The lowest BCUT2D eigenvalue weighted by molar-refractivity contribution is 0.297. The van der Waals surface area contributed by atoms with Crippen LogP contribution in [-0.4, -0.2) is 29.3 Å². The fraction of sp³-hybridized carbons (Fsp3) is 0.346. The Morgan fingerprint density at radius 1 is 1.11 bits per heavy atom. The molecule has 0 amide bonds. The first-order valence-corrected chi connectivity index (χ1v) is 11.7. The first kappa shape index (κ1) is 24.6. The van der Waals surface area contributed by atoms with E-state index in [-0.39, 0.29) is 22.6 Å². The number of aromatic nitrogens is 6. The van der Waals surface area contributed by atoms with Crippen molar-refractivity contribution in [3.63, 3.8) is 0 Å². The van der Waals surface area contributed by atoms with Crippen molar-refractivity contribution in [1.82, 2.24) is 29.3 Å². The van der Waals surface area contributed by atoms with Crippen LogP contribution in [0.1, 0.15) is 49.1 Å². The smallest absolute Gasteiger partial charge is 0.277 e. The van der Waals surface area contributed by atoms with E-state index in [1.54, 1.807) is 21.5 Å². The molecular weight excluding hydrogens is 464 g/mol. The molecule has 0 aliphatic carbocycles. The van der Waals surface area contributed by atoms with Crippen molar-refractivity contribution in [3.05, 3.63) is 80.5 Å². The van der Waals surface area contributed by atoms with E-state index in [4.69, 9.17) is 21.3 Å². The summed E-state index contributed by atoms with van der Waals surface area (Å²) in [5, 5.41) is 4.33. The molecule has 9 heteroatoms. The highest BCUT2D eigenvalue weighted by Gasteiger charge is 2.21. The van der Waals surface area contributed by atoms with Gasteiger partial charge in [-0.05, 0) is 44.5 Å². The second-order valence-electron chi connectivity index (χ2n) is 9.64. The van der Waals surface area contributed by atoms with E-state index in [1.807, 2.05) is 52.3 Å². The Morgan fingerprint density at radius 3 is 2.51 bits per heavy atom. The Balaban J connectivity index is 1.76. The van der Waals surface area contributed by atoms with E-state index in [9.17, 15) is 4.79 Å². The van der Waals surface area contributed by atoms with Crippen molar-refractivity contribution in [2.75, 3.05) is 0 Å². The van der Waals surface area contributed by atoms with Crippen LogP contribution in [-0.2, 0) is 19.1 Å². The maximum absolute atomic E-state index is 13.4. The third-order valence-electron chi connectivity index (χ3n) is 5.83. The fourth-order valence-electron chi connectivity index (χ4n) is 3.76. The summed E-state index contributed by atoms with van der Waals surface area (Å²) in [5.41, 5.74) is 4.62. The van der Waals surface area contributed by atoms with Gasteiger partial charge in [0.05, 0.1) is 22.8 Å². The molecule has 0 saturated heterocycles. The Morgan fingerprint density at radius 2 is 1.86 bits per heavy atom. The van der Waals surface area contributed by atoms with Crippen molar-refractivity contribution in [1.29, 1.82) is 0 Å². The van der Waals surface area contributed by atoms with E-state index >= 15 is 0 Å². The van der Waals surface area contributed by atoms with Crippen LogP contribution in [0.3, 0.4) is 0 Å². The summed E-state index contributed by atoms with van der Waals surface area (Å²) in [6, 6.07) is 5.49. The van der Waals surface area contributed by atoms with Crippen molar-refractivity contribution in [2.24, 2.45) is 7.05 Å². The summed E-state index contributed by atoms with van der Waals surface area (Å²) in [5.74, 6) is 1.10. The van der Waals surface area contributed by atoms with Crippen LogP contribution in [0.25, 0.3) is 17.1 Å². The molecule has 0 aliphatic rings. The van der Waals surface area contributed by atoms with Gasteiger partial charge >= 0.3 is 0 Å². The molecule has 4 aromatic rings. The van der Waals surface area contributed by atoms with Gasteiger partial charge in [0.2, 0.25) is 0 Å². The van der Waals surface area contributed by atoms with E-state index in [0.717, 1.165) is 34.0 Å². The average Bonchev–Trinajstić information content (AvgIpc) is 3.22. The van der Waals surface area contributed by atoms with E-state index in [2.05, 4.69) is 35.8 Å². The highest BCUT2D eigenvalue weighted by atomic mass is 35.5. The molecule has 0 spiro atoms. The second kappa shape index (κ2) is 9.26. The number of hydrogen-bond donors (Lipinski definition) is 0. The van der Waals surface area contributed by atoms with Gasteiger partial charge in [-0.2, -0.15) is 5.10 Å². The van der Waals surface area contributed by atoms with Crippen LogP contribution >= 0.6 is 11.6 Å². The van der Waals surface area contributed by atoms with Crippen LogP contribution in [0.4, 0.5) is 0 Å². The molecule has 0 radical (unpaired) electrons. The van der Waals surface area contributed by atoms with E-state index in [1.165, 1.54) is 0 Å². The van der Waals surface area contributed by atoms with Gasteiger partial charge in [0.25, 0.3) is 5.56 Å². The van der Waals surface area contributed by atoms with Crippen LogP contribution in [0, 0.1) is 20.8 Å². The van der Waals surface area contributed by atoms with Gasteiger partial charge in [-0.3, -0.25) is 19.0 Å². The number of aryl methyl sites for hydroxylation is 2. The summed E-state index contributed by atoms with van der Waals surface area (Å²) in [6.07, 6.45) is 5.31. The van der Waals surface area contributed by atoms with Crippen molar-refractivity contribution < 1.29 is 4.74 Å². The molecule has 0 atom stereocenters. The van der Waals surface area contributed by atoms with Crippen LogP contribution in [0.5, 0.6) is 5.75 Å². The van der Waals surface area contributed by atoms with Gasteiger partial charge in [0, 0.05) is 42.3 Å². The predicted octanol–water partition coefficient (Wildman–Crippen LogP) is 4.88. The molecule has 8 nitrogen and oxygen atoms in total. The third-order valence-corrected chi connectivity index (χ3v) is 6.16. The lowest BCUT2D eigenvalue weighted by atomic mass is 9.95. The second-order valence-corrected chi connectivity index (χ2v) is 10.0. The van der Waals surface area contributed by atoms with Crippen molar-refractivity contribution in [2.45, 2.75) is 53.6 Å². The Kier molecular flexibility index (Phi) is 6.51. The topological polar surface area (TPSA) is 87.7 Å². The molecule has 4 rings (SSSR count). The minimum atomic E-state index is -0.363. The van der Waals surface area contributed by atoms with Crippen molar-refractivity contribution in [3.8, 4) is 22.8 Å². The zero-order valence-corrected chi connectivity index (χ0v) is 21.8. The normalized spacial score (nSPS) is 11.7. The minimum Gasteiger partial charge on any atom is -0.485 e. The molecule has 0 N–H and O–H groups in total. The van der Waals surface area contributed by atoms with Crippen LogP contribution < -0.4 is 10.3 Å². The fourth-order valence-corrected chi connectivity index (χ4v) is 4.04. The summed E-state index contributed by atoms with van der Waals surface area (Å²) in [6.45, 7) is 12.1. The molecule has 0 fully saturated rings. The largest absolute Gasteiger partial charge is 0.485 e. The number of nitrogens with zero attached hydrogens (tertiary/aromatic N) is 6. The average molecular weight is 493 g/mol. The Bertz CT molecular complexity index is 1470. The molecule has 35 heavy (non-hydrogen) atoms. The van der Waals surface area contributed by atoms with Gasteiger partial charge in [-0.15, -0.1) is 0 Å². The SMILES string of the molecule is Cc1cnc(C(C)(C)C)nc1-c1cc(-n2c(C)c(C)c(OCc3ccn(C)n3)c(Cl)c2=O)ccn1. The quantitative estimate of drug-likeness (QED) is 0.394. The number of pyridine rings is 2. The molecule has 0 bridgehead atoms. The van der Waals surface area contributed by atoms with Gasteiger partial charge in [0.15, 0.2) is 0 Å². The summed E-state index contributed by atoms with van der Waals surface area (Å²) in [7, 11) is 1.84. The third kappa shape index (κ3) is 4.84. The van der Waals surface area contributed by atoms with E-state index < -0.39 is 0 Å². The predicted molar refractivity (Wildman–Crippen MR) is 136 cm³/mol. The first-order valence-electron chi connectivity index (χ1n) is 11.3. The number of halogens is 1. The Labute approximate surface area is 209 Å². The summed E-state index contributed by atoms with van der Waals surface area (Å²) < 4.78 is 9.20. The first-order chi connectivity index (χ1) is 16.5. The molecule has 0 unspecified atom stereocenters. The monoisotopic (exact) mass is 492 g/mol. The molecule has 0 aliphatic heterocycles. The van der Waals surface area contributed by atoms with Crippen molar-refractivity contribution >= 4 is 11.6 Å². The standard InChI is InChI=1S/C26H29ClN6O2/c1-15-13-29-25(26(4,5)6)30-22(15)20-12-19(8-10-28-20)33-17(3)16(2)23(21(27)24(33)34)35-14-18-9-11-32(7)31-18/h8-13H,14H2,1-7H3. The molecule has 4 aromatic heterocycles. The molecule has 0 aromatic carbocycles. The van der Waals surface area contributed by atoms with E-state index in [0.29, 0.717) is 17.1 Å². The van der Waals surface area contributed by atoms with Crippen LogP contribution in [0.15, 0.2) is 41.6 Å². The van der Waals surface area contributed by atoms with Gasteiger partial charge in [-0.25, -0.2) is 9.97 Å². The summed E-state index contributed by atoms with van der Waals surface area (Å²) in [4.78, 5) is 27.2. The highest BCUT2D eigenvalue weighted by Crippen LogP contribution is 2.31. The number of hydrogen-bond acceptors (Lipinski definition) is 6. The summed E-state index contributed by atoms with van der Waals surface area (Å²) >= 11 is 6.53. The molecule has 0 saturated carbocycles. The number of ether oxygens (including phenoxy) is 1. The molecule has 182 valence electrons. The minimum absolute atomic E-state index is 0.0237. The maximum atomic E-state index is 13.4. The lowest BCUT2D eigenvalue weighted by Gasteiger charge is -2.19. The van der Waals surface area contributed by atoms with Gasteiger partial charge < -0.3 is 4.74 Å². The maximum Gasteiger partial charge on any atom is 0.277 e. The Hall–Kier alpha value is -3.52. The van der Waals surface area contributed by atoms with Gasteiger partial charge in [-0.1, -0.05) is 32.4 Å². The molecule has 4 heterocycles. The lowest BCUT2D eigenvalue weighted by Crippen LogP contribution is -2.23. The number of rotatable bonds is 5. The molecular formula is C26H29ClN6O2. The zero-order valence-electron chi connectivity index (χ0n) is 21.0. The van der Waals surface area contributed by atoms with Gasteiger partial charge in [0.1, 0.15) is 23.2 Å².